The van der Waals surface area contributed by atoms with E-state index in [1.807, 2.05) is 12.2 Å². The number of rotatable bonds is 0. The van der Waals surface area contributed by atoms with Crippen LogP contribution in [0, 0.1) is 5.41 Å². The van der Waals surface area contributed by atoms with Gasteiger partial charge in [-0.05, 0) is 25.7 Å². The number of esters is 2. The molecule has 2 aliphatic rings. The van der Waals surface area contributed by atoms with Gasteiger partial charge in [-0.15, -0.1) is 0 Å². The van der Waals surface area contributed by atoms with Crippen LogP contribution in [-0.2, 0) is 19.1 Å². The summed E-state index contributed by atoms with van der Waals surface area (Å²) in [6.07, 6.45) is 6.38. The van der Waals surface area contributed by atoms with Crippen molar-refractivity contribution in [1.82, 2.24) is 0 Å². The third-order valence-corrected chi connectivity index (χ3v) is 3.10. The third kappa shape index (κ3) is 1.72. The molecule has 16 heavy (non-hydrogen) atoms. The molecule has 0 aromatic rings. The second kappa shape index (κ2) is 3.61. The van der Waals surface area contributed by atoms with Crippen molar-refractivity contribution in [3.8, 4) is 0 Å². The van der Waals surface area contributed by atoms with Crippen LogP contribution in [0.2, 0.25) is 0 Å². The molecule has 2 rings (SSSR count). The highest BCUT2D eigenvalue weighted by atomic mass is 16.7. The molecule has 0 atom stereocenters. The van der Waals surface area contributed by atoms with Crippen molar-refractivity contribution < 1.29 is 19.1 Å². The van der Waals surface area contributed by atoms with E-state index in [1.54, 1.807) is 13.8 Å². The fourth-order valence-electron chi connectivity index (χ4n) is 2.17. The van der Waals surface area contributed by atoms with Gasteiger partial charge in [0.15, 0.2) is 5.41 Å². The zero-order chi connectivity index (χ0) is 11.8. The largest absolute Gasteiger partial charge is 0.422 e. The SMILES string of the molecule is CC1(C)OC(=O)C2(CCC=CCC2)C(=O)O1. The molecule has 0 unspecified atom stereocenters. The van der Waals surface area contributed by atoms with Crippen LogP contribution in [0.5, 0.6) is 0 Å². The van der Waals surface area contributed by atoms with Crippen molar-refractivity contribution in [2.24, 2.45) is 5.41 Å². The van der Waals surface area contributed by atoms with Gasteiger partial charge in [-0.1, -0.05) is 12.2 Å². The fraction of sp³-hybridized carbons (Fsp3) is 0.667. The smallest absolute Gasteiger partial charge is 0.326 e. The molecule has 1 saturated heterocycles. The lowest BCUT2D eigenvalue weighted by molar-refractivity contribution is -0.252. The van der Waals surface area contributed by atoms with Gasteiger partial charge in [0.25, 0.3) is 5.79 Å². The van der Waals surface area contributed by atoms with Crippen molar-refractivity contribution in [1.29, 1.82) is 0 Å². The molecule has 0 radical (unpaired) electrons. The molecule has 88 valence electrons. The Labute approximate surface area is 94.6 Å². The van der Waals surface area contributed by atoms with Crippen LogP contribution in [-0.4, -0.2) is 17.7 Å². The number of hydrogen-bond donors (Lipinski definition) is 0. The number of hydrogen-bond acceptors (Lipinski definition) is 4. The number of ether oxygens (including phenoxy) is 2. The summed E-state index contributed by atoms with van der Waals surface area (Å²) in [5.41, 5.74) is -1.07. The van der Waals surface area contributed by atoms with Crippen molar-refractivity contribution in [2.45, 2.75) is 45.3 Å². The standard InChI is InChI=1S/C12H16O4/c1-11(2)15-9(13)12(10(14)16-11)7-5-3-4-6-8-12/h3-4H,5-8H2,1-2H3. The third-order valence-electron chi connectivity index (χ3n) is 3.10. The average molecular weight is 224 g/mol. The summed E-state index contributed by atoms with van der Waals surface area (Å²) >= 11 is 0. The molecule has 0 N–H and O–H groups in total. The lowest BCUT2D eigenvalue weighted by Crippen LogP contribution is -2.53. The minimum Gasteiger partial charge on any atom is -0.422 e. The maximum Gasteiger partial charge on any atom is 0.326 e. The first kappa shape index (κ1) is 11.2. The molecule has 1 aliphatic carbocycles. The Morgan fingerprint density at radius 2 is 1.44 bits per heavy atom. The van der Waals surface area contributed by atoms with Gasteiger partial charge in [0.2, 0.25) is 0 Å². The number of carbonyl (C=O) groups excluding carboxylic acids is 2. The van der Waals surface area contributed by atoms with E-state index in [2.05, 4.69) is 0 Å². The quantitative estimate of drug-likeness (QED) is 0.358. The average Bonchev–Trinajstić information content (AvgIpc) is 2.39. The maximum absolute atomic E-state index is 12.0. The maximum atomic E-state index is 12.0. The van der Waals surface area contributed by atoms with Gasteiger partial charge in [-0.25, -0.2) is 0 Å². The second-order valence-electron chi connectivity index (χ2n) is 4.81. The lowest BCUT2D eigenvalue weighted by Gasteiger charge is -2.39. The highest BCUT2D eigenvalue weighted by Gasteiger charge is 2.55. The zero-order valence-corrected chi connectivity index (χ0v) is 9.62. The predicted octanol–water partition coefficient (Wildman–Crippen LogP) is 1.94. The molecule has 4 nitrogen and oxygen atoms in total. The van der Waals surface area contributed by atoms with Gasteiger partial charge >= 0.3 is 11.9 Å². The minimum atomic E-state index is -1.13. The van der Waals surface area contributed by atoms with E-state index in [9.17, 15) is 9.59 Å². The first-order valence-corrected chi connectivity index (χ1v) is 5.58. The van der Waals surface area contributed by atoms with E-state index < -0.39 is 23.1 Å². The Kier molecular flexibility index (Phi) is 2.52. The van der Waals surface area contributed by atoms with Gasteiger partial charge in [0, 0.05) is 13.8 Å². The van der Waals surface area contributed by atoms with E-state index in [0.29, 0.717) is 25.7 Å². The van der Waals surface area contributed by atoms with Gasteiger partial charge in [-0.3, -0.25) is 9.59 Å². The van der Waals surface area contributed by atoms with Gasteiger partial charge in [0.05, 0.1) is 0 Å². The molecule has 0 aromatic carbocycles. The van der Waals surface area contributed by atoms with Crippen molar-refractivity contribution in [3.63, 3.8) is 0 Å². The Balaban J connectivity index is 2.27. The molecular weight excluding hydrogens is 208 g/mol. The number of cyclic esters (lactones) is 2. The summed E-state index contributed by atoms with van der Waals surface area (Å²) in [6.45, 7) is 3.15. The van der Waals surface area contributed by atoms with Crippen LogP contribution in [0.4, 0.5) is 0 Å². The minimum absolute atomic E-state index is 0.433. The molecule has 1 fully saturated rings. The topological polar surface area (TPSA) is 52.6 Å². The van der Waals surface area contributed by atoms with E-state index in [4.69, 9.17) is 9.47 Å². The molecule has 0 amide bonds. The van der Waals surface area contributed by atoms with Crippen molar-refractivity contribution >= 4 is 11.9 Å². The molecule has 1 spiro atoms. The summed E-state index contributed by atoms with van der Waals surface area (Å²) in [5.74, 6) is -1.99. The normalized spacial score (nSPS) is 27.1. The first-order valence-electron chi connectivity index (χ1n) is 5.58. The Morgan fingerprint density at radius 1 is 1.00 bits per heavy atom. The van der Waals surface area contributed by atoms with Crippen molar-refractivity contribution in [2.75, 3.05) is 0 Å². The monoisotopic (exact) mass is 224 g/mol. The number of carbonyl (C=O) groups is 2. The summed E-state index contributed by atoms with van der Waals surface area (Å²) < 4.78 is 10.4. The Hall–Kier alpha value is -1.32. The predicted molar refractivity (Wildman–Crippen MR) is 56.3 cm³/mol. The molecule has 1 aliphatic heterocycles. The fourth-order valence-corrected chi connectivity index (χ4v) is 2.17. The van der Waals surface area contributed by atoms with Gasteiger partial charge in [-0.2, -0.15) is 0 Å². The van der Waals surface area contributed by atoms with E-state index in [0.717, 1.165) is 0 Å². The highest BCUT2D eigenvalue weighted by molar-refractivity contribution is 6.01. The Morgan fingerprint density at radius 3 is 1.88 bits per heavy atom. The summed E-state index contributed by atoms with van der Waals surface area (Å²) in [7, 11) is 0. The summed E-state index contributed by atoms with van der Waals surface area (Å²) in [6, 6.07) is 0. The van der Waals surface area contributed by atoms with Crippen LogP contribution in [0.15, 0.2) is 12.2 Å². The summed E-state index contributed by atoms with van der Waals surface area (Å²) in [4.78, 5) is 24.0. The molecule has 0 aromatic heterocycles. The molecule has 1 heterocycles. The Bertz CT molecular complexity index is 322. The molecular formula is C12H16O4. The van der Waals surface area contributed by atoms with Crippen LogP contribution >= 0.6 is 0 Å². The van der Waals surface area contributed by atoms with Gasteiger partial charge in [0.1, 0.15) is 0 Å². The zero-order valence-electron chi connectivity index (χ0n) is 9.62. The number of allylic oxidation sites excluding steroid dienone is 2. The lowest BCUT2D eigenvalue weighted by atomic mass is 9.79. The van der Waals surface area contributed by atoms with Crippen LogP contribution in [0.25, 0.3) is 0 Å². The first-order chi connectivity index (χ1) is 7.46. The second-order valence-corrected chi connectivity index (χ2v) is 4.81. The van der Waals surface area contributed by atoms with E-state index in [-0.39, 0.29) is 0 Å². The van der Waals surface area contributed by atoms with Crippen LogP contribution in [0.1, 0.15) is 39.5 Å². The highest BCUT2D eigenvalue weighted by Crippen LogP contribution is 2.41. The van der Waals surface area contributed by atoms with Crippen LogP contribution < -0.4 is 0 Å². The van der Waals surface area contributed by atoms with Crippen molar-refractivity contribution in [3.05, 3.63) is 12.2 Å². The van der Waals surface area contributed by atoms with Crippen LogP contribution in [0.3, 0.4) is 0 Å². The summed E-state index contributed by atoms with van der Waals surface area (Å²) in [5, 5.41) is 0. The molecule has 4 heteroatoms. The molecule has 0 bridgehead atoms. The van der Waals surface area contributed by atoms with Gasteiger partial charge < -0.3 is 9.47 Å². The van der Waals surface area contributed by atoms with E-state index >= 15 is 0 Å². The van der Waals surface area contributed by atoms with E-state index in [1.165, 1.54) is 0 Å². The molecule has 0 saturated carbocycles.